The molecule has 52 valence electrons. The number of furan rings is 1. The Morgan fingerprint density at radius 1 is 1.70 bits per heavy atom. The molecular weight excluding hydrogens is 126 g/mol. The van der Waals surface area contributed by atoms with Crippen LogP contribution in [0, 0.1) is 12.3 Å². The minimum Gasteiger partial charge on any atom is -0.462 e. The van der Waals surface area contributed by atoms with Crippen LogP contribution in [0.2, 0.25) is 0 Å². The molecule has 10 heavy (non-hydrogen) atoms. The topological polar surface area (TPSA) is 37.0 Å². The van der Waals surface area contributed by atoms with Crippen molar-refractivity contribution in [3.05, 3.63) is 29.7 Å². The third-order valence-corrected chi connectivity index (χ3v) is 1.39. The van der Waals surface area contributed by atoms with Crippen LogP contribution in [-0.4, -0.2) is 6.21 Å². The molecule has 0 saturated carbocycles. The van der Waals surface area contributed by atoms with Crippen molar-refractivity contribution in [2.24, 2.45) is 0 Å². The third kappa shape index (κ3) is 0.880. The predicted molar refractivity (Wildman–Crippen MR) is 41.4 cm³/mol. The summed E-state index contributed by atoms with van der Waals surface area (Å²) in [5, 5.41) is 6.93. The lowest BCUT2D eigenvalue weighted by atomic mass is 10.2. The first kappa shape index (κ1) is 6.81. The summed E-state index contributed by atoms with van der Waals surface area (Å²) in [5.41, 5.74) is 1.93. The summed E-state index contributed by atoms with van der Waals surface area (Å²) in [6.07, 6.45) is 4.50. The molecule has 1 aromatic rings. The molecule has 0 aromatic carbocycles. The first-order valence-electron chi connectivity index (χ1n) is 3.00. The molecule has 0 fully saturated rings. The zero-order valence-corrected chi connectivity index (χ0v) is 5.85. The second kappa shape index (κ2) is 2.52. The van der Waals surface area contributed by atoms with Crippen LogP contribution in [0.4, 0.5) is 0 Å². The number of hydrogen-bond donors (Lipinski definition) is 1. The van der Waals surface area contributed by atoms with E-state index in [1.165, 1.54) is 6.21 Å². The van der Waals surface area contributed by atoms with Gasteiger partial charge in [0.1, 0.15) is 0 Å². The number of rotatable bonds is 2. The van der Waals surface area contributed by atoms with Gasteiger partial charge in [-0.3, -0.25) is 0 Å². The van der Waals surface area contributed by atoms with Gasteiger partial charge in [0, 0.05) is 5.56 Å². The van der Waals surface area contributed by atoms with Crippen LogP contribution in [0.1, 0.15) is 16.9 Å². The number of hydrogen-bond acceptors (Lipinski definition) is 2. The Morgan fingerprint density at radius 2 is 2.40 bits per heavy atom. The Hall–Kier alpha value is -1.31. The average Bonchev–Trinajstić information content (AvgIpc) is 2.30. The van der Waals surface area contributed by atoms with E-state index in [9.17, 15) is 0 Å². The zero-order valence-electron chi connectivity index (χ0n) is 5.85. The first-order chi connectivity index (χ1) is 4.79. The monoisotopic (exact) mass is 135 g/mol. The molecule has 0 aliphatic heterocycles. The number of aryl methyl sites for hydroxylation is 1. The minimum atomic E-state index is 0.576. The molecular formula is C8H9NO. The van der Waals surface area contributed by atoms with E-state index in [0.717, 1.165) is 11.1 Å². The largest absolute Gasteiger partial charge is 0.462 e. The highest BCUT2D eigenvalue weighted by Crippen LogP contribution is 2.15. The van der Waals surface area contributed by atoms with E-state index in [1.54, 1.807) is 12.3 Å². The van der Waals surface area contributed by atoms with Crippen molar-refractivity contribution in [1.29, 1.82) is 5.41 Å². The smallest absolute Gasteiger partial charge is 0.151 e. The number of nitrogens with one attached hydrogen (secondary N) is 1. The molecule has 2 heteroatoms. The van der Waals surface area contributed by atoms with Gasteiger partial charge >= 0.3 is 0 Å². The van der Waals surface area contributed by atoms with Crippen molar-refractivity contribution < 1.29 is 4.42 Å². The molecule has 0 radical (unpaired) electrons. The van der Waals surface area contributed by atoms with E-state index in [0.29, 0.717) is 5.76 Å². The van der Waals surface area contributed by atoms with Crippen molar-refractivity contribution in [2.75, 3.05) is 0 Å². The highest BCUT2D eigenvalue weighted by molar-refractivity contribution is 5.80. The van der Waals surface area contributed by atoms with Gasteiger partial charge in [0.15, 0.2) is 5.76 Å². The van der Waals surface area contributed by atoms with Crippen LogP contribution < -0.4 is 0 Å². The Labute approximate surface area is 59.7 Å². The summed E-state index contributed by atoms with van der Waals surface area (Å²) in [7, 11) is 0. The van der Waals surface area contributed by atoms with Crippen LogP contribution in [-0.2, 0) is 0 Å². The summed E-state index contributed by atoms with van der Waals surface area (Å²) in [6.45, 7) is 5.53. The molecule has 0 bridgehead atoms. The lowest BCUT2D eigenvalue weighted by Crippen LogP contribution is -1.78. The quantitative estimate of drug-likeness (QED) is 0.620. The van der Waals surface area contributed by atoms with E-state index in [4.69, 9.17) is 9.83 Å². The van der Waals surface area contributed by atoms with Gasteiger partial charge in [-0.2, -0.15) is 0 Å². The second-order valence-corrected chi connectivity index (χ2v) is 2.05. The normalized spacial score (nSPS) is 9.30. The maximum atomic E-state index is 6.93. The van der Waals surface area contributed by atoms with E-state index in [1.807, 2.05) is 6.92 Å². The molecule has 0 spiro atoms. The highest BCUT2D eigenvalue weighted by Gasteiger charge is 2.02. The van der Waals surface area contributed by atoms with Gasteiger partial charge in [-0.05, 0) is 12.5 Å². The van der Waals surface area contributed by atoms with E-state index in [2.05, 4.69) is 6.58 Å². The van der Waals surface area contributed by atoms with Crippen LogP contribution in [0.15, 0.2) is 17.3 Å². The van der Waals surface area contributed by atoms with Crippen molar-refractivity contribution in [1.82, 2.24) is 0 Å². The van der Waals surface area contributed by atoms with Crippen molar-refractivity contribution in [3.8, 4) is 0 Å². The Balaban J connectivity index is 3.25. The van der Waals surface area contributed by atoms with E-state index in [-0.39, 0.29) is 0 Å². The molecule has 0 atom stereocenters. The molecule has 0 unspecified atom stereocenters. The van der Waals surface area contributed by atoms with Crippen LogP contribution >= 0.6 is 0 Å². The van der Waals surface area contributed by atoms with Gasteiger partial charge in [-0.25, -0.2) is 0 Å². The molecule has 0 saturated heterocycles. The molecule has 1 N–H and O–H groups in total. The van der Waals surface area contributed by atoms with Crippen LogP contribution in [0.5, 0.6) is 0 Å². The zero-order chi connectivity index (χ0) is 7.56. The first-order valence-corrected chi connectivity index (χ1v) is 3.00. The Bertz CT molecular complexity index is 260. The Kier molecular flexibility index (Phi) is 1.71. The molecule has 2 nitrogen and oxygen atoms in total. The maximum Gasteiger partial charge on any atom is 0.151 e. The highest BCUT2D eigenvalue weighted by atomic mass is 16.3. The summed E-state index contributed by atoms with van der Waals surface area (Å²) in [4.78, 5) is 0. The minimum absolute atomic E-state index is 0.576. The van der Waals surface area contributed by atoms with Crippen molar-refractivity contribution in [2.45, 2.75) is 6.92 Å². The van der Waals surface area contributed by atoms with Gasteiger partial charge in [0.25, 0.3) is 0 Å². The van der Waals surface area contributed by atoms with Crippen LogP contribution in [0.3, 0.4) is 0 Å². The molecule has 1 aromatic heterocycles. The van der Waals surface area contributed by atoms with E-state index < -0.39 is 0 Å². The van der Waals surface area contributed by atoms with Gasteiger partial charge in [-0.1, -0.05) is 12.7 Å². The van der Waals surface area contributed by atoms with Gasteiger partial charge in [0.2, 0.25) is 0 Å². The molecule has 1 rings (SSSR count). The molecule has 0 aliphatic carbocycles. The standard InChI is InChI=1S/C8H9NO/c1-3-7-6(2)5-10-8(7)4-9/h3-5,9H,1H2,2H3. The lowest BCUT2D eigenvalue weighted by molar-refractivity contribution is 0.557. The molecule has 0 amide bonds. The van der Waals surface area contributed by atoms with Gasteiger partial charge in [0.05, 0.1) is 12.5 Å². The summed E-state index contributed by atoms with van der Waals surface area (Å²) >= 11 is 0. The summed E-state index contributed by atoms with van der Waals surface area (Å²) in [6, 6.07) is 0. The van der Waals surface area contributed by atoms with Gasteiger partial charge in [-0.15, -0.1) is 0 Å². The van der Waals surface area contributed by atoms with Crippen molar-refractivity contribution >= 4 is 12.3 Å². The Morgan fingerprint density at radius 3 is 2.80 bits per heavy atom. The summed E-state index contributed by atoms with van der Waals surface area (Å²) < 4.78 is 5.02. The van der Waals surface area contributed by atoms with Crippen molar-refractivity contribution in [3.63, 3.8) is 0 Å². The lowest BCUT2D eigenvalue weighted by Gasteiger charge is -1.87. The SMILES string of the molecule is C=Cc1c(C)coc1C=N. The fourth-order valence-corrected chi connectivity index (χ4v) is 0.847. The van der Waals surface area contributed by atoms with Gasteiger partial charge < -0.3 is 9.83 Å². The molecule has 1 heterocycles. The average molecular weight is 135 g/mol. The van der Waals surface area contributed by atoms with E-state index >= 15 is 0 Å². The fraction of sp³-hybridized carbons (Fsp3) is 0.125. The van der Waals surface area contributed by atoms with Crippen LogP contribution in [0.25, 0.3) is 6.08 Å². The predicted octanol–water partition coefficient (Wildman–Crippen LogP) is 2.23. The maximum absolute atomic E-state index is 6.93. The fourth-order valence-electron chi connectivity index (χ4n) is 0.847. The summed E-state index contributed by atoms with van der Waals surface area (Å²) in [5.74, 6) is 0.576. The third-order valence-electron chi connectivity index (χ3n) is 1.39. The second-order valence-electron chi connectivity index (χ2n) is 2.05. The molecule has 0 aliphatic rings.